The summed E-state index contributed by atoms with van der Waals surface area (Å²) < 4.78 is 12.4. The number of aliphatic hydroxyl groups is 2. The van der Waals surface area contributed by atoms with E-state index in [-0.39, 0.29) is 18.3 Å². The number of benzene rings is 2. The lowest BCUT2D eigenvalue weighted by Crippen LogP contribution is -2.33. The number of nitrogens with one attached hydrogen (secondary N) is 1. The van der Waals surface area contributed by atoms with E-state index in [9.17, 15) is 15.5 Å². The number of hydrogen-bond donors (Lipinski definition) is 3. The molecule has 1 aliphatic heterocycles. The Morgan fingerprint density at radius 2 is 1.72 bits per heavy atom. The zero-order valence-corrected chi connectivity index (χ0v) is 19.6. The number of rotatable bonds is 8. The molecule has 0 aliphatic carbocycles. The Balaban J connectivity index is 1.48. The highest BCUT2D eigenvalue weighted by Crippen LogP contribution is 2.33. The van der Waals surface area contributed by atoms with Crippen LogP contribution in [-0.2, 0) is 9.47 Å². The fourth-order valence-corrected chi connectivity index (χ4v) is 4.53. The Bertz CT molecular complexity index is 1320. The lowest BCUT2D eigenvalue weighted by Gasteiger charge is -2.19. The number of nitrogens with zero attached hydrogens (tertiary/aromatic N) is 5. The number of aliphatic hydroxyl groups excluding tert-OH is 2. The van der Waals surface area contributed by atoms with Crippen molar-refractivity contribution < 1.29 is 19.7 Å². The fourth-order valence-electron chi connectivity index (χ4n) is 4.53. The normalized spacial score (nSPS) is 21.6. The summed E-state index contributed by atoms with van der Waals surface area (Å²) in [6, 6.07) is 22.3. The van der Waals surface area contributed by atoms with Gasteiger partial charge in [0.2, 0.25) is 5.82 Å². The smallest absolute Gasteiger partial charge is 0.236 e. The van der Waals surface area contributed by atoms with Crippen LogP contribution in [0.3, 0.4) is 0 Å². The van der Waals surface area contributed by atoms with Gasteiger partial charge in [-0.25, -0.2) is 4.98 Å². The number of imidazole rings is 1. The molecule has 36 heavy (non-hydrogen) atoms. The van der Waals surface area contributed by atoms with Gasteiger partial charge in [-0.05, 0) is 11.1 Å². The molecule has 1 fully saturated rings. The van der Waals surface area contributed by atoms with E-state index in [1.807, 2.05) is 42.5 Å². The maximum atomic E-state index is 10.6. The molecule has 2 aromatic heterocycles. The predicted octanol–water partition coefficient (Wildman–Crippen LogP) is 2.21. The molecular formula is C26H26N6O4. The summed E-state index contributed by atoms with van der Waals surface area (Å²) >= 11 is 0. The van der Waals surface area contributed by atoms with E-state index in [0.717, 1.165) is 11.1 Å². The van der Waals surface area contributed by atoms with Gasteiger partial charge in [0.15, 0.2) is 23.2 Å². The fraction of sp³-hybridized carbons (Fsp3) is 0.308. The van der Waals surface area contributed by atoms with Gasteiger partial charge in [0.05, 0.1) is 12.9 Å². The van der Waals surface area contributed by atoms with E-state index in [1.54, 1.807) is 0 Å². The van der Waals surface area contributed by atoms with Gasteiger partial charge in [-0.15, -0.1) is 0 Å². The van der Waals surface area contributed by atoms with E-state index in [2.05, 4.69) is 44.5 Å². The summed E-state index contributed by atoms with van der Waals surface area (Å²) in [6.07, 6.45) is -2.55. The van der Waals surface area contributed by atoms with Crippen molar-refractivity contribution in [2.45, 2.75) is 30.5 Å². The molecule has 184 valence electrons. The van der Waals surface area contributed by atoms with Crippen molar-refractivity contribution in [3.8, 4) is 6.07 Å². The Morgan fingerprint density at radius 3 is 2.33 bits per heavy atom. The van der Waals surface area contributed by atoms with Crippen LogP contribution in [0.4, 0.5) is 5.82 Å². The standard InChI is InChI=1S/C26H26N6O4/c1-35-14-19-22(33)23(34)26(36-19)32-15-29-21-24(30-20(12-27)31-25(21)32)28-13-18(16-8-4-2-5-9-16)17-10-6-3-7-11-17/h2-11,15,18-19,22-23,26,33-34H,13-14H2,1H3,(H,28,30,31)/t19-,22-,23+,26-/m1/s1. The maximum absolute atomic E-state index is 10.6. The first-order chi connectivity index (χ1) is 17.6. The number of ether oxygens (including phenoxy) is 2. The topological polar surface area (TPSA) is 138 Å². The average molecular weight is 487 g/mol. The van der Waals surface area contributed by atoms with Gasteiger partial charge >= 0.3 is 0 Å². The third kappa shape index (κ3) is 4.53. The van der Waals surface area contributed by atoms with Gasteiger partial charge in [0.1, 0.15) is 24.4 Å². The lowest BCUT2D eigenvalue weighted by atomic mass is 9.91. The summed E-state index contributed by atoms with van der Waals surface area (Å²) in [4.78, 5) is 13.1. The van der Waals surface area contributed by atoms with Crippen LogP contribution in [0.5, 0.6) is 0 Å². The quantitative estimate of drug-likeness (QED) is 0.342. The molecule has 3 N–H and O–H groups in total. The van der Waals surface area contributed by atoms with E-state index >= 15 is 0 Å². The lowest BCUT2D eigenvalue weighted by molar-refractivity contribution is -0.0580. The SMILES string of the molecule is COC[C@H]1O[C@@H](n2cnc3c(NCC(c4ccccc4)c4ccccc4)nc(C#N)nc32)[C@@H](O)[C@@H]1O. The molecule has 5 rings (SSSR count). The predicted molar refractivity (Wildman–Crippen MR) is 131 cm³/mol. The average Bonchev–Trinajstić information content (AvgIpc) is 3.46. The van der Waals surface area contributed by atoms with E-state index in [4.69, 9.17) is 9.47 Å². The van der Waals surface area contributed by atoms with Crippen molar-refractivity contribution in [1.82, 2.24) is 19.5 Å². The van der Waals surface area contributed by atoms with Crippen molar-refractivity contribution in [2.24, 2.45) is 0 Å². The zero-order chi connectivity index (χ0) is 25.1. The highest BCUT2D eigenvalue weighted by Gasteiger charge is 2.44. The molecule has 4 aromatic rings. The molecule has 10 heteroatoms. The first kappa shape index (κ1) is 23.8. The number of methoxy groups -OCH3 is 1. The molecule has 0 unspecified atom stereocenters. The van der Waals surface area contributed by atoms with Crippen molar-refractivity contribution in [3.05, 3.63) is 83.9 Å². The third-order valence-electron chi connectivity index (χ3n) is 6.34. The summed E-state index contributed by atoms with van der Waals surface area (Å²) in [5, 5.41) is 33.9. The number of nitriles is 1. The van der Waals surface area contributed by atoms with Crippen LogP contribution in [0.2, 0.25) is 0 Å². The Labute approximate surface area is 207 Å². The van der Waals surface area contributed by atoms with E-state index in [1.165, 1.54) is 18.0 Å². The molecule has 1 saturated heterocycles. The molecule has 0 spiro atoms. The Kier molecular flexibility index (Phi) is 6.88. The van der Waals surface area contributed by atoms with Crippen LogP contribution in [0.25, 0.3) is 11.2 Å². The third-order valence-corrected chi connectivity index (χ3v) is 6.34. The second-order valence-corrected chi connectivity index (χ2v) is 8.59. The van der Waals surface area contributed by atoms with Crippen LogP contribution < -0.4 is 5.32 Å². The number of hydrogen-bond acceptors (Lipinski definition) is 9. The van der Waals surface area contributed by atoms with Crippen LogP contribution in [-0.4, -0.2) is 68.3 Å². The summed E-state index contributed by atoms with van der Waals surface area (Å²) in [7, 11) is 1.49. The second-order valence-electron chi connectivity index (χ2n) is 8.59. The Morgan fingerprint density at radius 1 is 1.06 bits per heavy atom. The number of anilines is 1. The zero-order valence-electron chi connectivity index (χ0n) is 19.6. The first-order valence-electron chi connectivity index (χ1n) is 11.6. The van der Waals surface area contributed by atoms with Crippen LogP contribution in [0.1, 0.15) is 29.1 Å². The molecule has 3 heterocycles. The highest BCUT2D eigenvalue weighted by molar-refractivity contribution is 5.83. The molecule has 0 bridgehead atoms. The van der Waals surface area contributed by atoms with E-state index in [0.29, 0.717) is 23.5 Å². The molecule has 10 nitrogen and oxygen atoms in total. The molecule has 1 aliphatic rings. The summed E-state index contributed by atoms with van der Waals surface area (Å²) in [5.74, 6) is 0.368. The van der Waals surface area contributed by atoms with Crippen molar-refractivity contribution >= 4 is 17.0 Å². The number of fused-ring (bicyclic) bond motifs is 1. The van der Waals surface area contributed by atoms with Crippen LogP contribution in [0.15, 0.2) is 67.0 Å². The van der Waals surface area contributed by atoms with E-state index < -0.39 is 24.5 Å². The van der Waals surface area contributed by atoms with Gasteiger partial charge in [-0.2, -0.15) is 15.2 Å². The summed E-state index contributed by atoms with van der Waals surface area (Å²) in [5.41, 5.74) is 3.00. The van der Waals surface area contributed by atoms with Crippen molar-refractivity contribution in [2.75, 3.05) is 25.6 Å². The van der Waals surface area contributed by atoms with Crippen LogP contribution in [0, 0.1) is 11.3 Å². The van der Waals surface area contributed by atoms with Gasteiger partial charge < -0.3 is 25.0 Å². The van der Waals surface area contributed by atoms with Crippen LogP contribution >= 0.6 is 0 Å². The molecule has 0 radical (unpaired) electrons. The highest BCUT2D eigenvalue weighted by atomic mass is 16.6. The van der Waals surface area contributed by atoms with Crippen molar-refractivity contribution in [3.63, 3.8) is 0 Å². The van der Waals surface area contributed by atoms with Gasteiger partial charge in [0.25, 0.3) is 0 Å². The minimum atomic E-state index is -1.22. The van der Waals surface area contributed by atoms with Gasteiger partial charge in [0, 0.05) is 19.6 Å². The molecular weight excluding hydrogens is 460 g/mol. The van der Waals surface area contributed by atoms with Crippen molar-refractivity contribution in [1.29, 1.82) is 5.26 Å². The number of aromatic nitrogens is 4. The molecule has 0 amide bonds. The maximum Gasteiger partial charge on any atom is 0.236 e. The molecule has 2 aromatic carbocycles. The van der Waals surface area contributed by atoms with Gasteiger partial charge in [-0.3, -0.25) is 4.57 Å². The van der Waals surface area contributed by atoms with Gasteiger partial charge in [-0.1, -0.05) is 60.7 Å². The summed E-state index contributed by atoms with van der Waals surface area (Å²) in [6.45, 7) is 0.613. The molecule has 0 saturated carbocycles. The first-order valence-corrected chi connectivity index (χ1v) is 11.6. The second kappa shape index (κ2) is 10.4. The minimum absolute atomic E-state index is 0.0231. The Hall–Kier alpha value is -3.88. The minimum Gasteiger partial charge on any atom is -0.387 e. The molecule has 4 atom stereocenters. The monoisotopic (exact) mass is 486 g/mol. The largest absolute Gasteiger partial charge is 0.387 e.